The molecule has 0 radical (unpaired) electrons. The summed E-state index contributed by atoms with van der Waals surface area (Å²) in [6.45, 7) is 5.64. The number of anilines is 1. The van der Waals surface area contributed by atoms with E-state index in [0.29, 0.717) is 11.3 Å². The summed E-state index contributed by atoms with van der Waals surface area (Å²) in [6.07, 6.45) is -0.537. The van der Waals surface area contributed by atoms with Gasteiger partial charge in [0.1, 0.15) is 12.2 Å². The van der Waals surface area contributed by atoms with Gasteiger partial charge in [0.25, 0.3) is 5.91 Å². The molecular weight excluding hydrogens is 372 g/mol. The number of hydrogen-bond acceptors (Lipinski definition) is 5. The predicted octanol–water partition coefficient (Wildman–Crippen LogP) is 3.90. The normalized spacial score (nSPS) is 10.7. The molecule has 0 aliphatic heterocycles. The highest BCUT2D eigenvalue weighted by molar-refractivity contribution is 5.96. The lowest BCUT2D eigenvalue weighted by molar-refractivity contribution is -0.144. The summed E-state index contributed by atoms with van der Waals surface area (Å²) < 4.78 is 10.4. The molecule has 0 fully saturated rings. The molecule has 154 valence electrons. The van der Waals surface area contributed by atoms with Gasteiger partial charge in [0.15, 0.2) is 0 Å². The van der Waals surface area contributed by atoms with E-state index in [1.165, 1.54) is 6.07 Å². The summed E-state index contributed by atoms with van der Waals surface area (Å²) in [4.78, 5) is 35.9. The van der Waals surface area contributed by atoms with Crippen LogP contribution in [0.4, 0.5) is 10.5 Å². The van der Waals surface area contributed by atoms with Gasteiger partial charge in [-0.1, -0.05) is 36.4 Å². The number of carbonyl (C=O) groups is 3. The van der Waals surface area contributed by atoms with Crippen molar-refractivity contribution in [2.75, 3.05) is 11.9 Å². The van der Waals surface area contributed by atoms with Gasteiger partial charge in [0.2, 0.25) is 0 Å². The van der Waals surface area contributed by atoms with Crippen molar-refractivity contribution < 1.29 is 23.9 Å². The second kappa shape index (κ2) is 10.3. The van der Waals surface area contributed by atoms with Crippen LogP contribution >= 0.6 is 0 Å². The van der Waals surface area contributed by atoms with Crippen LogP contribution in [0.1, 0.15) is 43.1 Å². The highest BCUT2D eigenvalue weighted by atomic mass is 16.6. The predicted molar refractivity (Wildman–Crippen MR) is 109 cm³/mol. The third kappa shape index (κ3) is 8.47. The highest BCUT2D eigenvalue weighted by Gasteiger charge is 2.16. The second-order valence-corrected chi connectivity index (χ2v) is 7.36. The first-order valence-electron chi connectivity index (χ1n) is 9.31. The van der Waals surface area contributed by atoms with Crippen LogP contribution < -0.4 is 10.6 Å². The molecular formula is C22H26N2O5. The Kier molecular flexibility index (Phi) is 7.77. The summed E-state index contributed by atoms with van der Waals surface area (Å²) in [5, 5.41) is 5.25. The third-order valence-corrected chi connectivity index (χ3v) is 3.63. The molecule has 29 heavy (non-hydrogen) atoms. The lowest BCUT2D eigenvalue weighted by Gasteiger charge is -2.19. The average Bonchev–Trinajstić information content (AvgIpc) is 2.65. The van der Waals surface area contributed by atoms with Crippen molar-refractivity contribution in [1.82, 2.24) is 5.32 Å². The minimum absolute atomic E-state index is 0.0639. The number of hydrogen-bond donors (Lipinski definition) is 2. The standard InChI is InChI=1S/C22H26N2O5/c1-22(2,3)29-21(27)24-18-11-7-10-17(14-18)20(26)23-13-12-19(25)28-15-16-8-5-4-6-9-16/h4-11,14H,12-13,15H2,1-3H3,(H,23,26)(H,24,27). The monoisotopic (exact) mass is 398 g/mol. The molecule has 0 heterocycles. The van der Waals surface area contributed by atoms with E-state index in [9.17, 15) is 14.4 Å². The van der Waals surface area contributed by atoms with Gasteiger partial charge in [0, 0.05) is 17.8 Å². The zero-order valence-electron chi connectivity index (χ0n) is 16.9. The molecule has 7 heteroatoms. The number of nitrogens with one attached hydrogen (secondary N) is 2. The molecule has 0 aliphatic carbocycles. The first-order chi connectivity index (χ1) is 13.7. The van der Waals surface area contributed by atoms with E-state index in [1.807, 2.05) is 30.3 Å². The summed E-state index contributed by atoms with van der Waals surface area (Å²) in [7, 11) is 0. The molecule has 0 unspecified atom stereocenters. The molecule has 2 rings (SSSR count). The zero-order chi connectivity index (χ0) is 21.3. The van der Waals surface area contributed by atoms with E-state index in [-0.39, 0.29) is 25.5 Å². The Labute approximate surface area is 170 Å². The number of rotatable bonds is 7. The van der Waals surface area contributed by atoms with Crippen molar-refractivity contribution in [2.45, 2.75) is 39.4 Å². The fourth-order valence-electron chi connectivity index (χ4n) is 2.35. The Morgan fingerprint density at radius 1 is 0.966 bits per heavy atom. The van der Waals surface area contributed by atoms with Crippen LogP contribution in [-0.4, -0.2) is 30.1 Å². The van der Waals surface area contributed by atoms with Crippen LogP contribution in [0.3, 0.4) is 0 Å². The SMILES string of the molecule is CC(C)(C)OC(=O)Nc1cccc(C(=O)NCCC(=O)OCc2ccccc2)c1. The maximum absolute atomic E-state index is 12.3. The molecule has 2 aromatic carbocycles. The van der Waals surface area contributed by atoms with Gasteiger partial charge in [-0.25, -0.2) is 4.79 Å². The maximum atomic E-state index is 12.3. The smallest absolute Gasteiger partial charge is 0.412 e. The van der Waals surface area contributed by atoms with Crippen LogP contribution in [0.15, 0.2) is 54.6 Å². The second-order valence-electron chi connectivity index (χ2n) is 7.36. The molecule has 0 saturated carbocycles. The van der Waals surface area contributed by atoms with E-state index in [4.69, 9.17) is 9.47 Å². The van der Waals surface area contributed by atoms with Gasteiger partial charge >= 0.3 is 12.1 Å². The Balaban J connectivity index is 1.77. The highest BCUT2D eigenvalue weighted by Crippen LogP contribution is 2.13. The van der Waals surface area contributed by atoms with Crippen molar-refractivity contribution in [2.24, 2.45) is 0 Å². The maximum Gasteiger partial charge on any atom is 0.412 e. The van der Waals surface area contributed by atoms with E-state index >= 15 is 0 Å². The topological polar surface area (TPSA) is 93.7 Å². The molecule has 0 bridgehead atoms. The van der Waals surface area contributed by atoms with Gasteiger partial charge in [-0.05, 0) is 44.5 Å². The van der Waals surface area contributed by atoms with Gasteiger partial charge < -0.3 is 14.8 Å². The Hall–Kier alpha value is -3.35. The Morgan fingerprint density at radius 3 is 2.38 bits per heavy atom. The molecule has 0 atom stereocenters. The van der Waals surface area contributed by atoms with Crippen LogP contribution in [0, 0.1) is 0 Å². The third-order valence-electron chi connectivity index (χ3n) is 3.63. The summed E-state index contributed by atoms with van der Waals surface area (Å²) in [5.74, 6) is -0.747. The number of amides is 2. The van der Waals surface area contributed by atoms with Gasteiger partial charge in [-0.3, -0.25) is 14.9 Å². The van der Waals surface area contributed by atoms with Crippen LogP contribution in [-0.2, 0) is 20.9 Å². The van der Waals surface area contributed by atoms with E-state index in [2.05, 4.69) is 10.6 Å². The fourth-order valence-corrected chi connectivity index (χ4v) is 2.35. The molecule has 0 spiro atoms. The van der Waals surface area contributed by atoms with Crippen molar-refractivity contribution in [3.63, 3.8) is 0 Å². The summed E-state index contributed by atoms with van der Waals surface area (Å²) in [5.41, 5.74) is 1.08. The summed E-state index contributed by atoms with van der Waals surface area (Å²) in [6, 6.07) is 15.8. The molecule has 0 aromatic heterocycles. The quantitative estimate of drug-likeness (QED) is 0.690. The number of benzene rings is 2. The van der Waals surface area contributed by atoms with Crippen LogP contribution in [0.2, 0.25) is 0 Å². The zero-order valence-corrected chi connectivity index (χ0v) is 16.9. The minimum Gasteiger partial charge on any atom is -0.461 e. The lowest BCUT2D eigenvalue weighted by atomic mass is 10.2. The Bertz CT molecular complexity index is 844. The first kappa shape index (κ1) is 21.9. The number of carbonyl (C=O) groups excluding carboxylic acids is 3. The number of esters is 1. The van der Waals surface area contributed by atoms with Gasteiger partial charge in [0.05, 0.1) is 6.42 Å². The minimum atomic E-state index is -0.617. The average molecular weight is 398 g/mol. The van der Waals surface area contributed by atoms with Gasteiger partial charge in [-0.15, -0.1) is 0 Å². The Morgan fingerprint density at radius 2 is 1.69 bits per heavy atom. The summed E-state index contributed by atoms with van der Waals surface area (Å²) >= 11 is 0. The van der Waals surface area contributed by atoms with Gasteiger partial charge in [-0.2, -0.15) is 0 Å². The molecule has 2 aromatic rings. The van der Waals surface area contributed by atoms with Crippen molar-refractivity contribution in [3.8, 4) is 0 Å². The number of ether oxygens (including phenoxy) is 2. The van der Waals surface area contributed by atoms with Crippen LogP contribution in [0.5, 0.6) is 0 Å². The molecule has 0 saturated heterocycles. The van der Waals surface area contributed by atoms with Crippen molar-refractivity contribution in [1.29, 1.82) is 0 Å². The van der Waals surface area contributed by atoms with E-state index in [1.54, 1.807) is 39.0 Å². The first-order valence-corrected chi connectivity index (χ1v) is 9.31. The molecule has 2 N–H and O–H groups in total. The molecule has 7 nitrogen and oxygen atoms in total. The van der Waals surface area contributed by atoms with Crippen LogP contribution in [0.25, 0.3) is 0 Å². The van der Waals surface area contributed by atoms with E-state index in [0.717, 1.165) is 5.56 Å². The molecule has 0 aliphatic rings. The van der Waals surface area contributed by atoms with Crippen molar-refractivity contribution in [3.05, 3.63) is 65.7 Å². The largest absolute Gasteiger partial charge is 0.461 e. The lowest BCUT2D eigenvalue weighted by Crippen LogP contribution is -2.28. The van der Waals surface area contributed by atoms with E-state index < -0.39 is 17.7 Å². The molecule has 2 amide bonds. The fraction of sp³-hybridized carbons (Fsp3) is 0.318. The van der Waals surface area contributed by atoms with Crippen molar-refractivity contribution >= 4 is 23.7 Å².